The lowest BCUT2D eigenvalue weighted by Crippen LogP contribution is -2.61. The van der Waals surface area contributed by atoms with E-state index in [1.165, 1.54) is 0 Å². The minimum absolute atomic E-state index is 0.0182. The fourth-order valence-corrected chi connectivity index (χ4v) is 3.70. The Hall–Kier alpha value is -1.73. The highest BCUT2D eigenvalue weighted by Crippen LogP contribution is 2.33. The molecular formula is C16H25N5O2. The Morgan fingerprint density at radius 3 is 2.87 bits per heavy atom. The van der Waals surface area contributed by atoms with Crippen molar-refractivity contribution >= 4 is 11.7 Å². The van der Waals surface area contributed by atoms with Gasteiger partial charge in [-0.2, -0.15) is 0 Å². The number of nitrogens with zero attached hydrogens (tertiary/aromatic N) is 5. The molecule has 2 aliphatic rings. The molecule has 2 fully saturated rings. The number of hydrogen-bond donors (Lipinski definition) is 1. The summed E-state index contributed by atoms with van der Waals surface area (Å²) in [6.45, 7) is 3.91. The quantitative estimate of drug-likeness (QED) is 0.844. The van der Waals surface area contributed by atoms with Gasteiger partial charge in [0.2, 0.25) is 5.91 Å². The van der Waals surface area contributed by atoms with Gasteiger partial charge in [-0.05, 0) is 19.9 Å². The van der Waals surface area contributed by atoms with Crippen LogP contribution in [-0.2, 0) is 4.79 Å². The number of piperazine rings is 1. The van der Waals surface area contributed by atoms with Gasteiger partial charge < -0.3 is 14.9 Å². The number of aliphatic hydroxyl groups is 1. The van der Waals surface area contributed by atoms with Crippen molar-refractivity contribution in [1.82, 2.24) is 19.8 Å². The highest BCUT2D eigenvalue weighted by Gasteiger charge is 2.42. The third kappa shape index (κ3) is 3.30. The number of likely N-dealkylation sites (N-methyl/N-ethyl adjacent to an activating group) is 1. The summed E-state index contributed by atoms with van der Waals surface area (Å²) in [7, 11) is 2.15. The third-order valence-corrected chi connectivity index (χ3v) is 5.25. The number of aromatic nitrogens is 2. The van der Waals surface area contributed by atoms with E-state index in [1.807, 2.05) is 0 Å². The lowest BCUT2D eigenvalue weighted by atomic mass is 9.86. The maximum Gasteiger partial charge on any atom is 0.222 e. The number of hydrogen-bond acceptors (Lipinski definition) is 6. The molecule has 23 heavy (non-hydrogen) atoms. The van der Waals surface area contributed by atoms with Gasteiger partial charge in [0.1, 0.15) is 5.82 Å². The zero-order valence-electron chi connectivity index (χ0n) is 13.7. The Bertz CT molecular complexity index is 541. The van der Waals surface area contributed by atoms with Crippen LogP contribution in [0.15, 0.2) is 18.6 Å². The highest BCUT2D eigenvalue weighted by atomic mass is 16.3. The van der Waals surface area contributed by atoms with E-state index in [1.54, 1.807) is 23.5 Å². The molecule has 1 unspecified atom stereocenters. The van der Waals surface area contributed by atoms with Crippen molar-refractivity contribution in [1.29, 1.82) is 0 Å². The molecule has 126 valence electrons. The summed E-state index contributed by atoms with van der Waals surface area (Å²) in [5.74, 6) is 1.06. The molecule has 1 aromatic heterocycles. The average molecular weight is 319 g/mol. The first-order valence-corrected chi connectivity index (χ1v) is 8.25. The Morgan fingerprint density at radius 1 is 1.26 bits per heavy atom. The predicted molar refractivity (Wildman–Crippen MR) is 87.1 cm³/mol. The largest absolute Gasteiger partial charge is 0.395 e. The van der Waals surface area contributed by atoms with Crippen LogP contribution in [0.5, 0.6) is 0 Å². The summed E-state index contributed by atoms with van der Waals surface area (Å²) < 4.78 is 0. The van der Waals surface area contributed by atoms with E-state index in [2.05, 4.69) is 26.8 Å². The van der Waals surface area contributed by atoms with Gasteiger partial charge in [0.25, 0.3) is 0 Å². The normalized spacial score (nSPS) is 26.6. The number of carbonyl (C=O) groups excluding carboxylic acids is 1. The Labute approximate surface area is 136 Å². The van der Waals surface area contributed by atoms with Crippen molar-refractivity contribution in [2.45, 2.75) is 24.8 Å². The van der Waals surface area contributed by atoms with Crippen LogP contribution in [0, 0.1) is 0 Å². The lowest BCUT2D eigenvalue weighted by molar-refractivity contribution is -0.131. The Balaban J connectivity index is 1.77. The SMILES string of the molecule is CN1CCN(c2cnccn2)CC12CCC(=O)N(CCO)CC2. The number of rotatable bonds is 3. The molecule has 0 radical (unpaired) electrons. The molecule has 1 N–H and O–H groups in total. The lowest BCUT2D eigenvalue weighted by Gasteiger charge is -2.49. The van der Waals surface area contributed by atoms with Crippen LogP contribution in [-0.4, -0.2) is 82.7 Å². The second-order valence-electron chi connectivity index (χ2n) is 6.49. The molecule has 7 heteroatoms. The topological polar surface area (TPSA) is 72.8 Å². The summed E-state index contributed by atoms with van der Waals surface area (Å²) in [6.07, 6.45) is 7.52. The predicted octanol–water partition coefficient (Wildman–Crippen LogP) is -0.0280. The van der Waals surface area contributed by atoms with Gasteiger partial charge in [0, 0.05) is 57.1 Å². The summed E-state index contributed by atoms with van der Waals surface area (Å²) in [5.41, 5.74) is -0.0182. The van der Waals surface area contributed by atoms with E-state index < -0.39 is 0 Å². The number of β-amino-alcohol motifs (C(OH)–C–C–N with tert-alkyl or cyclic N) is 1. The molecule has 1 atom stereocenters. The molecule has 2 saturated heterocycles. The van der Waals surface area contributed by atoms with Crippen LogP contribution < -0.4 is 4.90 Å². The number of carbonyl (C=O) groups is 1. The monoisotopic (exact) mass is 319 g/mol. The van der Waals surface area contributed by atoms with Crippen molar-refractivity contribution in [2.24, 2.45) is 0 Å². The molecule has 1 spiro atoms. The van der Waals surface area contributed by atoms with Gasteiger partial charge in [0.15, 0.2) is 0 Å². The van der Waals surface area contributed by atoms with Crippen molar-refractivity contribution in [3.05, 3.63) is 18.6 Å². The minimum Gasteiger partial charge on any atom is -0.395 e. The standard InChI is InChI=1S/C16H25N5O2/c1-19-8-9-21(14-12-17-5-6-18-14)13-16(19)3-2-15(23)20(7-4-16)10-11-22/h5-6,12,22H,2-4,7-11,13H2,1H3. The number of amides is 1. The molecular weight excluding hydrogens is 294 g/mol. The van der Waals surface area contributed by atoms with Gasteiger partial charge in [-0.1, -0.05) is 0 Å². The number of anilines is 1. The smallest absolute Gasteiger partial charge is 0.222 e. The first-order chi connectivity index (χ1) is 11.1. The molecule has 1 amide bonds. The molecule has 0 aliphatic carbocycles. The van der Waals surface area contributed by atoms with Crippen molar-refractivity contribution in [2.75, 3.05) is 51.3 Å². The van der Waals surface area contributed by atoms with Crippen LogP contribution in [0.2, 0.25) is 0 Å². The molecule has 3 heterocycles. The van der Waals surface area contributed by atoms with Gasteiger partial charge in [-0.15, -0.1) is 0 Å². The van der Waals surface area contributed by atoms with Gasteiger partial charge >= 0.3 is 0 Å². The van der Waals surface area contributed by atoms with E-state index in [4.69, 9.17) is 5.11 Å². The average Bonchev–Trinajstić information content (AvgIpc) is 2.73. The summed E-state index contributed by atoms with van der Waals surface area (Å²) in [4.78, 5) is 27.3. The summed E-state index contributed by atoms with van der Waals surface area (Å²) >= 11 is 0. The van der Waals surface area contributed by atoms with Crippen LogP contribution in [0.3, 0.4) is 0 Å². The Morgan fingerprint density at radius 2 is 2.13 bits per heavy atom. The maximum absolute atomic E-state index is 12.2. The van der Waals surface area contributed by atoms with Crippen LogP contribution in [0.1, 0.15) is 19.3 Å². The molecule has 0 aromatic carbocycles. The van der Waals surface area contributed by atoms with Crippen molar-refractivity contribution in [3.63, 3.8) is 0 Å². The second kappa shape index (κ2) is 6.80. The molecule has 3 rings (SSSR count). The molecule has 7 nitrogen and oxygen atoms in total. The van der Waals surface area contributed by atoms with E-state index >= 15 is 0 Å². The van der Waals surface area contributed by atoms with Gasteiger partial charge in [-0.25, -0.2) is 4.98 Å². The molecule has 0 bridgehead atoms. The summed E-state index contributed by atoms with van der Waals surface area (Å²) in [6, 6.07) is 0. The van der Waals surface area contributed by atoms with E-state index in [9.17, 15) is 4.79 Å². The first kappa shape index (κ1) is 16.1. The van der Waals surface area contributed by atoms with Crippen molar-refractivity contribution < 1.29 is 9.90 Å². The first-order valence-electron chi connectivity index (χ1n) is 8.25. The van der Waals surface area contributed by atoms with E-state index in [0.717, 1.165) is 38.3 Å². The molecule has 2 aliphatic heterocycles. The minimum atomic E-state index is -0.0182. The van der Waals surface area contributed by atoms with Gasteiger partial charge in [-0.3, -0.25) is 14.7 Å². The second-order valence-corrected chi connectivity index (χ2v) is 6.49. The van der Waals surface area contributed by atoms with Crippen LogP contribution in [0.25, 0.3) is 0 Å². The number of likely N-dealkylation sites (tertiary alicyclic amines) is 1. The van der Waals surface area contributed by atoms with E-state index in [-0.39, 0.29) is 18.1 Å². The summed E-state index contributed by atoms with van der Waals surface area (Å²) in [5, 5.41) is 9.14. The van der Waals surface area contributed by atoms with Crippen LogP contribution in [0.4, 0.5) is 5.82 Å². The number of aliphatic hydroxyl groups excluding tert-OH is 1. The van der Waals surface area contributed by atoms with E-state index in [0.29, 0.717) is 19.5 Å². The van der Waals surface area contributed by atoms with Crippen LogP contribution >= 0.6 is 0 Å². The Kier molecular flexibility index (Phi) is 4.77. The fourth-order valence-electron chi connectivity index (χ4n) is 3.70. The molecule has 0 saturated carbocycles. The highest BCUT2D eigenvalue weighted by molar-refractivity contribution is 5.76. The zero-order chi connectivity index (χ0) is 16.3. The maximum atomic E-state index is 12.2. The molecule has 1 aromatic rings. The third-order valence-electron chi connectivity index (χ3n) is 5.25. The van der Waals surface area contributed by atoms with Crippen molar-refractivity contribution in [3.8, 4) is 0 Å². The zero-order valence-corrected chi connectivity index (χ0v) is 13.7. The fraction of sp³-hybridized carbons (Fsp3) is 0.688. The van der Waals surface area contributed by atoms with Gasteiger partial charge in [0.05, 0.1) is 12.8 Å².